The summed E-state index contributed by atoms with van der Waals surface area (Å²) >= 11 is 1.64. The van der Waals surface area contributed by atoms with Crippen molar-refractivity contribution in [2.75, 3.05) is 19.6 Å². The lowest BCUT2D eigenvalue weighted by Gasteiger charge is -2.45. The number of thioether (sulfide) groups is 1. The number of pyridine rings is 1. The van der Waals surface area contributed by atoms with Crippen LogP contribution in [0.15, 0.2) is 36.1 Å². The Labute approximate surface area is 134 Å². The summed E-state index contributed by atoms with van der Waals surface area (Å²) in [6, 6.07) is 4.24. The van der Waals surface area contributed by atoms with Crippen LogP contribution in [0, 0.1) is 5.92 Å². The molecule has 22 heavy (non-hydrogen) atoms. The molecule has 0 aliphatic carbocycles. The number of nitrogens with one attached hydrogen (secondary N) is 1. The zero-order valence-electron chi connectivity index (χ0n) is 12.4. The number of hydrogen-bond acceptors (Lipinski definition) is 4. The second-order valence-electron chi connectivity index (χ2n) is 6.16. The van der Waals surface area contributed by atoms with Gasteiger partial charge in [-0.05, 0) is 43.3 Å². The van der Waals surface area contributed by atoms with Gasteiger partial charge in [-0.1, -0.05) is 6.07 Å². The van der Waals surface area contributed by atoms with Crippen molar-refractivity contribution < 1.29 is 4.79 Å². The average molecular weight is 316 g/mol. The van der Waals surface area contributed by atoms with E-state index in [-0.39, 0.29) is 11.4 Å². The van der Waals surface area contributed by atoms with Crippen molar-refractivity contribution in [3.05, 3.63) is 41.7 Å². The van der Waals surface area contributed by atoms with Crippen LogP contribution >= 0.6 is 11.8 Å². The standard InChI is InChI=1S/C16H20N4OS/c21-16(18-14-11-19-6-3-12(14)4-7-19)20-8-9-22-15(20)13-2-1-5-17-10-13/h1-2,5,8-10,12,14-15H,3-4,6-7,11H2,(H,18,21). The van der Waals surface area contributed by atoms with Crippen molar-refractivity contribution >= 4 is 17.8 Å². The molecule has 0 spiro atoms. The Morgan fingerprint density at radius 2 is 2.23 bits per heavy atom. The zero-order chi connectivity index (χ0) is 14.9. The van der Waals surface area contributed by atoms with Crippen LogP contribution in [0.5, 0.6) is 0 Å². The summed E-state index contributed by atoms with van der Waals surface area (Å²) < 4.78 is 0. The predicted molar refractivity (Wildman–Crippen MR) is 87.0 cm³/mol. The highest BCUT2D eigenvalue weighted by Gasteiger charge is 2.36. The van der Waals surface area contributed by atoms with Crippen LogP contribution < -0.4 is 5.32 Å². The topological polar surface area (TPSA) is 48.5 Å². The maximum absolute atomic E-state index is 12.7. The van der Waals surface area contributed by atoms with E-state index in [0.29, 0.717) is 12.0 Å². The molecule has 3 saturated heterocycles. The van der Waals surface area contributed by atoms with Gasteiger partial charge < -0.3 is 10.2 Å². The summed E-state index contributed by atoms with van der Waals surface area (Å²) in [6.07, 6.45) is 7.88. The zero-order valence-corrected chi connectivity index (χ0v) is 13.2. The van der Waals surface area contributed by atoms with Gasteiger partial charge >= 0.3 is 6.03 Å². The lowest BCUT2D eigenvalue weighted by molar-refractivity contribution is 0.0742. The fraction of sp³-hybridized carbons (Fsp3) is 0.500. The molecule has 116 valence electrons. The van der Waals surface area contributed by atoms with E-state index in [9.17, 15) is 4.79 Å². The number of piperidine rings is 3. The molecule has 3 fully saturated rings. The van der Waals surface area contributed by atoms with E-state index in [0.717, 1.165) is 12.1 Å². The third-order valence-electron chi connectivity index (χ3n) is 4.85. The summed E-state index contributed by atoms with van der Waals surface area (Å²) in [5.74, 6) is 0.644. The minimum absolute atomic E-state index is 0.00483. The highest BCUT2D eigenvalue weighted by atomic mass is 32.2. The van der Waals surface area contributed by atoms with Crippen LogP contribution in [0.3, 0.4) is 0 Å². The van der Waals surface area contributed by atoms with Gasteiger partial charge in [0.15, 0.2) is 0 Å². The molecule has 4 aliphatic heterocycles. The van der Waals surface area contributed by atoms with Gasteiger partial charge in [0.2, 0.25) is 0 Å². The summed E-state index contributed by atoms with van der Waals surface area (Å²) in [5, 5.41) is 5.23. The molecule has 1 aromatic rings. The molecule has 2 amide bonds. The van der Waals surface area contributed by atoms with Crippen molar-refractivity contribution in [3.63, 3.8) is 0 Å². The van der Waals surface area contributed by atoms with Crippen LogP contribution in [0.4, 0.5) is 4.79 Å². The molecule has 2 atom stereocenters. The minimum atomic E-state index is -0.00483. The third kappa shape index (κ3) is 2.61. The first kappa shape index (κ1) is 14.1. The van der Waals surface area contributed by atoms with Crippen LogP contribution in [0.1, 0.15) is 23.8 Å². The molecule has 2 bridgehead atoms. The number of amides is 2. The molecule has 0 radical (unpaired) electrons. The molecule has 5 nitrogen and oxygen atoms in total. The third-order valence-corrected chi connectivity index (χ3v) is 5.89. The quantitative estimate of drug-likeness (QED) is 0.910. The highest BCUT2D eigenvalue weighted by molar-refractivity contribution is 8.02. The monoisotopic (exact) mass is 316 g/mol. The van der Waals surface area contributed by atoms with Crippen molar-refractivity contribution in [1.29, 1.82) is 0 Å². The SMILES string of the molecule is O=C(NC1CN2CCC1CC2)N1C=CSC1c1cccnc1. The Kier molecular flexibility index (Phi) is 3.80. The maximum atomic E-state index is 12.7. The predicted octanol–water partition coefficient (Wildman–Crippen LogP) is 2.40. The lowest BCUT2D eigenvalue weighted by Crippen LogP contribution is -2.58. The molecule has 1 N–H and O–H groups in total. The molecular formula is C16H20N4OS. The van der Waals surface area contributed by atoms with Crippen LogP contribution in [0.25, 0.3) is 0 Å². The fourth-order valence-electron chi connectivity index (χ4n) is 3.62. The van der Waals surface area contributed by atoms with Crippen LogP contribution in [-0.2, 0) is 0 Å². The minimum Gasteiger partial charge on any atom is -0.333 e. The van der Waals surface area contributed by atoms with Gasteiger partial charge in [0, 0.05) is 36.7 Å². The average Bonchev–Trinajstić information content (AvgIpc) is 3.06. The molecule has 1 aromatic heterocycles. The number of urea groups is 1. The first-order valence-electron chi connectivity index (χ1n) is 7.84. The van der Waals surface area contributed by atoms with E-state index < -0.39 is 0 Å². The summed E-state index contributed by atoms with van der Waals surface area (Å²) in [5.41, 5.74) is 1.06. The summed E-state index contributed by atoms with van der Waals surface area (Å²) in [6.45, 7) is 3.38. The number of carbonyl (C=O) groups excluding carboxylic acids is 1. The van der Waals surface area contributed by atoms with E-state index in [2.05, 4.69) is 15.2 Å². The van der Waals surface area contributed by atoms with Crippen molar-refractivity contribution in [1.82, 2.24) is 20.1 Å². The molecular weight excluding hydrogens is 296 g/mol. The lowest BCUT2D eigenvalue weighted by atomic mass is 9.84. The van der Waals surface area contributed by atoms with E-state index in [4.69, 9.17) is 0 Å². The van der Waals surface area contributed by atoms with Crippen LogP contribution in [0.2, 0.25) is 0 Å². The number of rotatable bonds is 2. The van der Waals surface area contributed by atoms with Gasteiger partial charge in [-0.15, -0.1) is 11.8 Å². The van der Waals surface area contributed by atoms with Crippen molar-refractivity contribution in [3.8, 4) is 0 Å². The van der Waals surface area contributed by atoms with Crippen molar-refractivity contribution in [2.45, 2.75) is 24.3 Å². The Morgan fingerprint density at radius 3 is 2.91 bits per heavy atom. The van der Waals surface area contributed by atoms with Crippen LogP contribution in [-0.4, -0.2) is 46.5 Å². The first-order chi connectivity index (χ1) is 10.8. The maximum Gasteiger partial charge on any atom is 0.322 e. The summed E-state index contributed by atoms with van der Waals surface area (Å²) in [4.78, 5) is 21.1. The Morgan fingerprint density at radius 1 is 1.36 bits per heavy atom. The molecule has 0 aromatic carbocycles. The summed E-state index contributed by atoms with van der Waals surface area (Å²) in [7, 11) is 0. The number of nitrogens with zero attached hydrogens (tertiary/aromatic N) is 3. The Bertz CT molecular complexity index is 571. The van der Waals surface area contributed by atoms with Gasteiger partial charge in [0.1, 0.15) is 5.37 Å². The number of hydrogen-bond donors (Lipinski definition) is 1. The molecule has 5 heterocycles. The molecule has 2 unspecified atom stereocenters. The molecule has 4 aliphatic rings. The normalized spacial score (nSPS) is 33.2. The molecule has 6 heteroatoms. The number of carbonyl (C=O) groups is 1. The van der Waals surface area contributed by atoms with Gasteiger partial charge in [-0.3, -0.25) is 9.88 Å². The second kappa shape index (κ2) is 5.93. The van der Waals surface area contributed by atoms with E-state index in [1.165, 1.54) is 25.9 Å². The van der Waals surface area contributed by atoms with E-state index >= 15 is 0 Å². The number of aromatic nitrogens is 1. The van der Waals surface area contributed by atoms with Gasteiger partial charge in [-0.25, -0.2) is 4.79 Å². The van der Waals surface area contributed by atoms with Crippen molar-refractivity contribution in [2.24, 2.45) is 5.92 Å². The van der Waals surface area contributed by atoms with E-state index in [1.54, 1.807) is 22.9 Å². The second-order valence-corrected chi connectivity index (χ2v) is 7.15. The van der Waals surface area contributed by atoms with Gasteiger partial charge in [0.25, 0.3) is 0 Å². The van der Waals surface area contributed by atoms with Gasteiger partial charge in [-0.2, -0.15) is 0 Å². The molecule has 0 saturated carbocycles. The van der Waals surface area contributed by atoms with E-state index in [1.807, 2.05) is 29.9 Å². The highest BCUT2D eigenvalue weighted by Crippen LogP contribution is 2.38. The largest absolute Gasteiger partial charge is 0.333 e. The van der Waals surface area contributed by atoms with Gasteiger partial charge in [0.05, 0.1) is 0 Å². The fourth-order valence-corrected chi connectivity index (χ4v) is 4.56. The Hall–Kier alpha value is -1.53. The smallest absolute Gasteiger partial charge is 0.322 e. The Balaban J connectivity index is 1.44. The first-order valence-corrected chi connectivity index (χ1v) is 8.79. The molecule has 5 rings (SSSR count). The number of fused-ring (bicyclic) bond motifs is 3.